The predicted octanol–water partition coefficient (Wildman–Crippen LogP) is 2.43. The average Bonchev–Trinajstić information content (AvgIpc) is 3.21. The van der Waals surface area contributed by atoms with Crippen LogP contribution in [-0.4, -0.2) is 67.7 Å². The van der Waals surface area contributed by atoms with Crippen LogP contribution in [0.2, 0.25) is 0 Å². The molecule has 142 valence electrons. The summed E-state index contributed by atoms with van der Waals surface area (Å²) >= 11 is 0. The minimum atomic E-state index is -3.26. The topological polar surface area (TPSA) is 57.0 Å². The molecule has 0 amide bonds. The first-order chi connectivity index (χ1) is 12.0. The molecule has 0 saturated carbocycles. The second-order valence-electron chi connectivity index (χ2n) is 7.35. The molecule has 0 unspecified atom stereocenters. The van der Waals surface area contributed by atoms with E-state index in [-0.39, 0.29) is 0 Å². The van der Waals surface area contributed by atoms with Gasteiger partial charge in [-0.3, -0.25) is 0 Å². The number of nitrogens with zero attached hydrogens (tertiary/aromatic N) is 3. The third-order valence-corrected chi connectivity index (χ3v) is 7.43. The lowest BCUT2D eigenvalue weighted by atomic mass is 10.0. The molecule has 0 bridgehead atoms. The normalized spacial score (nSPS) is 23.0. The van der Waals surface area contributed by atoms with E-state index in [2.05, 4.69) is 17.9 Å². The third kappa shape index (κ3) is 4.64. The lowest BCUT2D eigenvalue weighted by molar-refractivity contribution is 0.270. The fraction of sp³-hybridized carbons (Fsp3) is 0.778. The van der Waals surface area contributed by atoms with Crippen molar-refractivity contribution in [2.45, 2.75) is 45.4 Å². The number of hydrogen-bond donors (Lipinski definition) is 0. The molecule has 2 aliphatic heterocycles. The van der Waals surface area contributed by atoms with Crippen molar-refractivity contribution in [2.24, 2.45) is 0 Å². The quantitative estimate of drug-likeness (QED) is 0.773. The van der Waals surface area contributed by atoms with Crippen LogP contribution in [0.4, 0.5) is 0 Å². The van der Waals surface area contributed by atoms with Gasteiger partial charge in [-0.1, -0.05) is 6.92 Å². The molecule has 0 radical (unpaired) electrons. The summed E-state index contributed by atoms with van der Waals surface area (Å²) < 4.78 is 34.5. The van der Waals surface area contributed by atoms with E-state index in [1.54, 1.807) is 8.61 Å². The van der Waals surface area contributed by atoms with Gasteiger partial charge in [0.1, 0.15) is 11.5 Å². The second kappa shape index (κ2) is 8.20. The average molecular weight is 370 g/mol. The van der Waals surface area contributed by atoms with Gasteiger partial charge in [-0.15, -0.1) is 0 Å². The largest absolute Gasteiger partial charge is 0.466 e. The fourth-order valence-electron chi connectivity index (χ4n) is 3.72. The van der Waals surface area contributed by atoms with Gasteiger partial charge in [0.15, 0.2) is 0 Å². The Morgan fingerprint density at radius 3 is 2.36 bits per heavy atom. The zero-order valence-corrected chi connectivity index (χ0v) is 16.3. The Balaban J connectivity index is 1.49. The van der Waals surface area contributed by atoms with Crippen LogP contribution in [0.3, 0.4) is 0 Å². The first kappa shape index (κ1) is 18.9. The fourth-order valence-corrected chi connectivity index (χ4v) is 5.44. The molecule has 0 aromatic carbocycles. The van der Waals surface area contributed by atoms with E-state index in [1.807, 2.05) is 13.0 Å². The van der Waals surface area contributed by atoms with Gasteiger partial charge >= 0.3 is 0 Å². The summed E-state index contributed by atoms with van der Waals surface area (Å²) in [5, 5.41) is 0. The maximum atomic E-state index is 12.7. The molecule has 1 aromatic heterocycles. The van der Waals surface area contributed by atoms with Crippen molar-refractivity contribution in [1.82, 2.24) is 13.5 Å². The van der Waals surface area contributed by atoms with Gasteiger partial charge in [0, 0.05) is 38.6 Å². The Hall–Kier alpha value is -0.890. The molecule has 0 aliphatic carbocycles. The summed E-state index contributed by atoms with van der Waals surface area (Å²) in [5.41, 5.74) is 0. The maximum absolute atomic E-state index is 12.7. The Bertz CT molecular complexity index is 652. The Kier molecular flexibility index (Phi) is 6.20. The number of furan rings is 1. The minimum absolute atomic E-state index is 0.390. The number of hydrogen-bond acceptors (Lipinski definition) is 4. The van der Waals surface area contributed by atoms with E-state index in [0.29, 0.717) is 32.1 Å². The van der Waals surface area contributed by atoms with Crippen molar-refractivity contribution in [1.29, 1.82) is 0 Å². The van der Waals surface area contributed by atoms with Crippen LogP contribution in [0.1, 0.15) is 50.0 Å². The van der Waals surface area contributed by atoms with Gasteiger partial charge < -0.3 is 9.32 Å². The van der Waals surface area contributed by atoms with Crippen molar-refractivity contribution in [3.05, 3.63) is 23.7 Å². The molecular weight excluding hydrogens is 338 g/mol. The smallest absolute Gasteiger partial charge is 0.282 e. The SMILES string of the molecule is Cc1ccc([C@@H](C)CCN2CCCN(S(=O)(=O)N3CCCC3)CC2)o1. The van der Waals surface area contributed by atoms with E-state index >= 15 is 0 Å². The molecule has 0 N–H and O–H groups in total. The molecular formula is C18H31N3O3S. The number of rotatable bonds is 6. The van der Waals surface area contributed by atoms with E-state index in [1.165, 1.54) is 0 Å². The monoisotopic (exact) mass is 369 g/mol. The molecule has 2 aliphatic rings. The summed E-state index contributed by atoms with van der Waals surface area (Å²) in [6.45, 7) is 9.55. The van der Waals surface area contributed by atoms with Gasteiger partial charge in [-0.25, -0.2) is 0 Å². The van der Waals surface area contributed by atoms with Gasteiger partial charge in [-0.2, -0.15) is 17.0 Å². The minimum Gasteiger partial charge on any atom is -0.466 e. The third-order valence-electron chi connectivity index (χ3n) is 5.39. The second-order valence-corrected chi connectivity index (χ2v) is 9.27. The highest BCUT2D eigenvalue weighted by Crippen LogP contribution is 2.22. The Morgan fingerprint density at radius 2 is 1.68 bits per heavy atom. The van der Waals surface area contributed by atoms with E-state index in [0.717, 1.165) is 56.8 Å². The van der Waals surface area contributed by atoms with Crippen molar-refractivity contribution >= 4 is 10.2 Å². The molecule has 2 fully saturated rings. The van der Waals surface area contributed by atoms with Crippen LogP contribution in [0, 0.1) is 6.92 Å². The van der Waals surface area contributed by atoms with Crippen molar-refractivity contribution in [2.75, 3.05) is 45.8 Å². The van der Waals surface area contributed by atoms with E-state index < -0.39 is 10.2 Å². The molecule has 2 saturated heterocycles. The van der Waals surface area contributed by atoms with Crippen LogP contribution in [-0.2, 0) is 10.2 Å². The van der Waals surface area contributed by atoms with Gasteiger partial charge in [0.2, 0.25) is 0 Å². The lowest BCUT2D eigenvalue weighted by Crippen LogP contribution is -2.44. The molecule has 6 nitrogen and oxygen atoms in total. The summed E-state index contributed by atoms with van der Waals surface area (Å²) in [4.78, 5) is 2.39. The standard InChI is InChI=1S/C18H31N3O3S/c1-16(18-7-6-17(2)24-18)8-13-19-9-5-12-21(15-14-19)25(22,23)20-10-3-4-11-20/h6-7,16H,3-5,8-15H2,1-2H3/t16-/m0/s1. The van der Waals surface area contributed by atoms with E-state index in [9.17, 15) is 8.42 Å². The Labute approximate surface area is 151 Å². The molecule has 3 rings (SSSR count). The van der Waals surface area contributed by atoms with Crippen LogP contribution < -0.4 is 0 Å². The maximum Gasteiger partial charge on any atom is 0.282 e. The molecule has 7 heteroatoms. The summed E-state index contributed by atoms with van der Waals surface area (Å²) in [6, 6.07) is 4.08. The molecule has 25 heavy (non-hydrogen) atoms. The van der Waals surface area contributed by atoms with Crippen LogP contribution in [0.25, 0.3) is 0 Å². The van der Waals surface area contributed by atoms with Crippen LogP contribution >= 0.6 is 0 Å². The zero-order valence-electron chi connectivity index (χ0n) is 15.5. The first-order valence-corrected chi connectivity index (χ1v) is 10.9. The van der Waals surface area contributed by atoms with Crippen LogP contribution in [0.5, 0.6) is 0 Å². The molecule has 1 atom stereocenters. The lowest BCUT2D eigenvalue weighted by Gasteiger charge is -2.26. The van der Waals surface area contributed by atoms with Crippen molar-refractivity contribution < 1.29 is 12.8 Å². The number of aryl methyl sites for hydroxylation is 1. The molecule has 0 spiro atoms. The van der Waals surface area contributed by atoms with Gasteiger partial charge in [-0.05, 0) is 57.8 Å². The highest BCUT2D eigenvalue weighted by Gasteiger charge is 2.32. The summed E-state index contributed by atoms with van der Waals surface area (Å²) in [7, 11) is -3.26. The molecule has 3 heterocycles. The van der Waals surface area contributed by atoms with Crippen molar-refractivity contribution in [3.63, 3.8) is 0 Å². The summed E-state index contributed by atoms with van der Waals surface area (Å²) in [5.74, 6) is 2.39. The van der Waals surface area contributed by atoms with Gasteiger partial charge in [0.05, 0.1) is 0 Å². The van der Waals surface area contributed by atoms with Crippen molar-refractivity contribution in [3.8, 4) is 0 Å². The summed E-state index contributed by atoms with van der Waals surface area (Å²) in [6.07, 6.45) is 3.92. The zero-order chi connectivity index (χ0) is 17.9. The predicted molar refractivity (Wildman–Crippen MR) is 98.8 cm³/mol. The van der Waals surface area contributed by atoms with Crippen LogP contribution in [0.15, 0.2) is 16.5 Å². The molecule has 1 aromatic rings. The highest BCUT2D eigenvalue weighted by molar-refractivity contribution is 7.86. The first-order valence-electron chi connectivity index (χ1n) is 9.51. The van der Waals surface area contributed by atoms with Gasteiger partial charge in [0.25, 0.3) is 10.2 Å². The highest BCUT2D eigenvalue weighted by atomic mass is 32.2. The van der Waals surface area contributed by atoms with E-state index in [4.69, 9.17) is 4.42 Å². The Morgan fingerprint density at radius 1 is 1.00 bits per heavy atom.